The van der Waals surface area contributed by atoms with Gasteiger partial charge >= 0.3 is 0 Å². The minimum Gasteiger partial charge on any atom is -0.319 e. The van der Waals surface area contributed by atoms with E-state index in [1.165, 1.54) is 47.9 Å². The number of hydrogen-bond donors (Lipinski definition) is 0. The fourth-order valence-corrected chi connectivity index (χ4v) is 10.6. The van der Waals surface area contributed by atoms with Crippen molar-refractivity contribution in [2.24, 2.45) is 11.8 Å². The zero-order valence-corrected chi connectivity index (χ0v) is 34.4. The number of hydrogen-bond acceptors (Lipinski definition) is 4. The second-order valence-corrected chi connectivity index (χ2v) is 20.0. The molecular weight excluding hydrogens is 738 g/mol. The van der Waals surface area contributed by atoms with E-state index >= 15 is 0 Å². The molecule has 3 unspecified atom stereocenters. The molecule has 0 spiro atoms. The van der Waals surface area contributed by atoms with Gasteiger partial charge in [0.05, 0.1) is 0 Å². The van der Waals surface area contributed by atoms with Crippen LogP contribution in [0.3, 0.4) is 0 Å². The predicted octanol–water partition coefficient (Wildman–Crippen LogP) is 13.2. The molecular formula is C54H46N3OP. The van der Waals surface area contributed by atoms with Crippen LogP contribution >= 0.6 is 7.14 Å². The number of rotatable bonds is 9. The van der Waals surface area contributed by atoms with Crippen molar-refractivity contribution in [3.8, 4) is 67.5 Å². The molecule has 2 saturated carbocycles. The van der Waals surface area contributed by atoms with Crippen LogP contribution in [0, 0.1) is 11.8 Å². The van der Waals surface area contributed by atoms with Gasteiger partial charge in [-0.1, -0.05) is 182 Å². The Kier molecular flexibility index (Phi) is 9.54. The van der Waals surface area contributed by atoms with E-state index in [9.17, 15) is 4.57 Å². The molecule has 0 aliphatic heterocycles. The maximum absolute atomic E-state index is 12.9. The van der Waals surface area contributed by atoms with Crippen molar-refractivity contribution in [1.29, 1.82) is 0 Å². The molecule has 2 aliphatic carbocycles. The topological polar surface area (TPSA) is 55.7 Å². The molecule has 0 amide bonds. The summed E-state index contributed by atoms with van der Waals surface area (Å²) in [4.78, 5) is 15.3. The number of nitrogens with zero attached hydrogens (tertiary/aromatic N) is 3. The SMILES string of the molecule is CP(C)(=O)c1cccc(-c2ccc(C3(c4ccc(-c5nc(-c6ccc(-c7ccccc7)cc6)nc(-c6ccc(-c7ccccc7)cc6)n5)cc4)CC4CCC3C4)cc2)c1. The van der Waals surface area contributed by atoms with Gasteiger partial charge in [0.2, 0.25) is 0 Å². The molecule has 1 aromatic heterocycles. The molecule has 288 valence electrons. The summed E-state index contributed by atoms with van der Waals surface area (Å²) in [5.41, 5.74) is 12.5. The van der Waals surface area contributed by atoms with Crippen molar-refractivity contribution < 1.29 is 4.57 Å². The van der Waals surface area contributed by atoms with Gasteiger partial charge in [-0.25, -0.2) is 15.0 Å². The minimum atomic E-state index is -2.35. The standard InChI is InChI=1S/C54H46N3OP/c1-59(2,58)50-15-9-14-46(35-50)42-25-30-47(31-26-42)54(36-37-16-29-49(54)34-37)48-32-27-45(28-33-48)53-56-51(43-21-17-40(18-22-43)38-10-5-3-6-11-38)55-52(57-53)44-23-19-41(20-24-44)39-12-7-4-8-13-39/h3-15,17-28,30-33,35,37,49H,16,29,34,36H2,1-2H3. The molecule has 0 radical (unpaired) electrons. The fraction of sp³-hybridized carbons (Fsp3) is 0.167. The molecule has 2 aliphatic rings. The predicted molar refractivity (Wildman–Crippen MR) is 244 cm³/mol. The van der Waals surface area contributed by atoms with Gasteiger partial charge in [-0.3, -0.25) is 0 Å². The number of aromatic nitrogens is 3. The highest BCUT2D eigenvalue weighted by molar-refractivity contribution is 7.70. The zero-order chi connectivity index (χ0) is 40.0. The van der Waals surface area contributed by atoms with Crippen LogP contribution in [0.2, 0.25) is 0 Å². The quantitative estimate of drug-likeness (QED) is 0.137. The molecule has 2 fully saturated rings. The monoisotopic (exact) mass is 783 g/mol. The van der Waals surface area contributed by atoms with Crippen LogP contribution in [0.15, 0.2) is 182 Å². The highest BCUT2D eigenvalue weighted by atomic mass is 31.2. The van der Waals surface area contributed by atoms with Crippen LogP contribution in [0.25, 0.3) is 67.5 Å². The summed E-state index contributed by atoms with van der Waals surface area (Å²) < 4.78 is 12.9. The van der Waals surface area contributed by atoms with Gasteiger partial charge in [0.1, 0.15) is 7.14 Å². The second kappa shape index (κ2) is 15.2. The average molecular weight is 784 g/mol. The lowest BCUT2D eigenvalue weighted by Crippen LogP contribution is -2.34. The van der Waals surface area contributed by atoms with Crippen LogP contribution in [0.5, 0.6) is 0 Å². The van der Waals surface area contributed by atoms with E-state index in [1.54, 1.807) is 0 Å². The largest absolute Gasteiger partial charge is 0.319 e. The third-order valence-corrected chi connectivity index (χ3v) is 14.4. The van der Waals surface area contributed by atoms with Crippen LogP contribution in [0.1, 0.15) is 36.8 Å². The Hall–Kier alpha value is -6.22. The summed E-state index contributed by atoms with van der Waals surface area (Å²) in [6, 6.07) is 64.5. The first kappa shape index (κ1) is 37.1. The molecule has 5 heteroatoms. The third-order valence-electron chi connectivity index (χ3n) is 12.8. The van der Waals surface area contributed by atoms with Gasteiger partial charge in [-0.05, 0) is 95.0 Å². The molecule has 0 N–H and O–H groups in total. The number of benzene rings is 7. The Morgan fingerprint density at radius 3 is 1.25 bits per heavy atom. The Balaban J connectivity index is 1.01. The first-order valence-corrected chi connectivity index (χ1v) is 23.4. The smallest absolute Gasteiger partial charge is 0.164 e. The second-order valence-electron chi connectivity index (χ2n) is 16.8. The van der Waals surface area contributed by atoms with Gasteiger partial charge in [0, 0.05) is 27.4 Å². The molecule has 59 heavy (non-hydrogen) atoms. The highest BCUT2D eigenvalue weighted by Crippen LogP contribution is 2.60. The van der Waals surface area contributed by atoms with Crippen molar-refractivity contribution in [3.63, 3.8) is 0 Å². The molecule has 10 rings (SSSR count). The molecule has 0 saturated heterocycles. The summed E-state index contributed by atoms with van der Waals surface area (Å²) in [6.07, 6.45) is 5.02. The lowest BCUT2D eigenvalue weighted by atomic mass is 9.64. The number of fused-ring (bicyclic) bond motifs is 2. The summed E-state index contributed by atoms with van der Waals surface area (Å²) in [5.74, 6) is 3.31. The van der Waals surface area contributed by atoms with E-state index in [4.69, 9.17) is 15.0 Å². The summed E-state index contributed by atoms with van der Waals surface area (Å²) in [7, 11) is -2.35. The summed E-state index contributed by atoms with van der Waals surface area (Å²) >= 11 is 0. The lowest BCUT2D eigenvalue weighted by Gasteiger charge is -2.39. The maximum Gasteiger partial charge on any atom is 0.164 e. The zero-order valence-electron chi connectivity index (χ0n) is 33.5. The van der Waals surface area contributed by atoms with E-state index in [2.05, 4.69) is 158 Å². The van der Waals surface area contributed by atoms with Gasteiger partial charge in [0.25, 0.3) is 0 Å². The summed E-state index contributed by atoms with van der Waals surface area (Å²) in [6.45, 7) is 3.68. The van der Waals surface area contributed by atoms with Gasteiger partial charge < -0.3 is 4.57 Å². The Morgan fingerprint density at radius 1 is 0.441 bits per heavy atom. The van der Waals surface area contributed by atoms with Crippen molar-refractivity contribution in [1.82, 2.24) is 15.0 Å². The van der Waals surface area contributed by atoms with E-state index in [0.717, 1.165) is 50.2 Å². The molecule has 4 nitrogen and oxygen atoms in total. The van der Waals surface area contributed by atoms with E-state index in [0.29, 0.717) is 23.4 Å². The Bertz CT molecular complexity index is 2700. The van der Waals surface area contributed by atoms with E-state index in [1.807, 2.05) is 37.6 Å². The normalized spacial score (nSPS) is 18.5. The Morgan fingerprint density at radius 2 is 0.831 bits per heavy atom. The van der Waals surface area contributed by atoms with Crippen molar-refractivity contribution in [2.45, 2.75) is 31.1 Å². The minimum absolute atomic E-state index is 0.0409. The molecule has 8 aromatic rings. The van der Waals surface area contributed by atoms with Crippen LogP contribution in [-0.2, 0) is 9.98 Å². The molecule has 1 heterocycles. The van der Waals surface area contributed by atoms with E-state index in [-0.39, 0.29) is 5.41 Å². The molecule has 3 atom stereocenters. The van der Waals surface area contributed by atoms with Gasteiger partial charge in [-0.15, -0.1) is 0 Å². The van der Waals surface area contributed by atoms with Crippen molar-refractivity contribution in [3.05, 3.63) is 193 Å². The molecule has 7 aromatic carbocycles. The Labute approximate surface area is 347 Å². The van der Waals surface area contributed by atoms with Crippen LogP contribution < -0.4 is 5.30 Å². The van der Waals surface area contributed by atoms with Gasteiger partial charge in [-0.2, -0.15) is 0 Å². The third kappa shape index (κ3) is 7.17. The van der Waals surface area contributed by atoms with Crippen molar-refractivity contribution >= 4 is 12.4 Å². The molecule has 2 bridgehead atoms. The highest BCUT2D eigenvalue weighted by Gasteiger charge is 2.52. The fourth-order valence-electron chi connectivity index (χ4n) is 9.75. The first-order chi connectivity index (χ1) is 28.8. The van der Waals surface area contributed by atoms with E-state index < -0.39 is 7.14 Å². The maximum atomic E-state index is 12.9. The lowest BCUT2D eigenvalue weighted by molar-refractivity contribution is 0.320. The van der Waals surface area contributed by atoms with Crippen molar-refractivity contribution in [2.75, 3.05) is 13.3 Å². The first-order valence-electron chi connectivity index (χ1n) is 20.8. The van der Waals surface area contributed by atoms with Crippen LogP contribution in [0.4, 0.5) is 0 Å². The average Bonchev–Trinajstić information content (AvgIpc) is 3.93. The van der Waals surface area contributed by atoms with Crippen LogP contribution in [-0.4, -0.2) is 28.3 Å². The van der Waals surface area contributed by atoms with Gasteiger partial charge in [0.15, 0.2) is 17.5 Å². The summed E-state index contributed by atoms with van der Waals surface area (Å²) in [5, 5.41) is 0.920.